The highest BCUT2D eigenvalue weighted by molar-refractivity contribution is 5.89. The standard InChI is InChI=1S/C22H23N3O7/c1-15(26)32-20-18(13-31-21(27)17-10-6-3-7-11-17)29-14-19(22(20,28)24-25-23)30-12-16-8-4-2-5-9-16/h2-11,18-20,28H,12-14H2,1H3/t18-,19+,20+,22-/m1/s1. The second-order valence-corrected chi connectivity index (χ2v) is 7.12. The highest BCUT2D eigenvalue weighted by atomic mass is 16.6. The Labute approximate surface area is 184 Å². The van der Waals surface area contributed by atoms with E-state index in [2.05, 4.69) is 10.0 Å². The molecule has 0 spiro atoms. The molecule has 10 nitrogen and oxygen atoms in total. The van der Waals surface area contributed by atoms with Crippen LogP contribution < -0.4 is 0 Å². The lowest BCUT2D eigenvalue weighted by Gasteiger charge is -2.44. The summed E-state index contributed by atoms with van der Waals surface area (Å²) in [4.78, 5) is 26.7. The SMILES string of the molecule is CC(=O)O[C@H]1[C@@H](COC(=O)c2ccccc2)OC[C@H](OCc2ccccc2)[C@]1(O)N=[N+]=[N-]. The number of ether oxygens (including phenoxy) is 4. The molecule has 1 saturated heterocycles. The van der Waals surface area contributed by atoms with E-state index >= 15 is 0 Å². The maximum atomic E-state index is 12.3. The van der Waals surface area contributed by atoms with Crippen molar-refractivity contribution in [2.45, 2.75) is 37.6 Å². The topological polar surface area (TPSA) is 140 Å². The molecule has 1 heterocycles. The van der Waals surface area contributed by atoms with Crippen LogP contribution in [0.1, 0.15) is 22.8 Å². The van der Waals surface area contributed by atoms with Gasteiger partial charge in [0, 0.05) is 11.8 Å². The number of nitrogens with zero attached hydrogens (tertiary/aromatic N) is 3. The number of benzene rings is 2. The van der Waals surface area contributed by atoms with E-state index in [1.54, 1.807) is 30.3 Å². The number of esters is 2. The molecule has 4 atom stereocenters. The Balaban J connectivity index is 1.76. The third-order valence-electron chi connectivity index (χ3n) is 4.87. The van der Waals surface area contributed by atoms with Crippen LogP contribution >= 0.6 is 0 Å². The van der Waals surface area contributed by atoms with Gasteiger partial charge in [-0.25, -0.2) is 4.79 Å². The van der Waals surface area contributed by atoms with E-state index in [1.807, 2.05) is 30.3 Å². The predicted molar refractivity (Wildman–Crippen MR) is 111 cm³/mol. The molecule has 0 radical (unpaired) electrons. The van der Waals surface area contributed by atoms with Crippen LogP contribution in [0.3, 0.4) is 0 Å². The minimum atomic E-state index is -2.28. The Morgan fingerprint density at radius 3 is 2.47 bits per heavy atom. The van der Waals surface area contributed by atoms with Crippen molar-refractivity contribution in [2.75, 3.05) is 13.2 Å². The van der Waals surface area contributed by atoms with Crippen LogP contribution in [0.2, 0.25) is 0 Å². The fraction of sp³-hybridized carbons (Fsp3) is 0.364. The Kier molecular flexibility index (Phi) is 7.80. The Morgan fingerprint density at radius 2 is 1.84 bits per heavy atom. The van der Waals surface area contributed by atoms with Crippen LogP contribution in [0.15, 0.2) is 65.8 Å². The molecule has 0 amide bonds. The number of carbonyl (C=O) groups is 2. The Hall–Kier alpha value is -3.43. The summed E-state index contributed by atoms with van der Waals surface area (Å²) in [5.74, 6) is -1.36. The van der Waals surface area contributed by atoms with Gasteiger partial charge in [0.05, 0.1) is 18.8 Å². The summed E-state index contributed by atoms with van der Waals surface area (Å²) in [6, 6.07) is 17.4. The number of carbonyl (C=O) groups excluding carboxylic acids is 2. The molecule has 0 unspecified atom stereocenters. The van der Waals surface area contributed by atoms with Crippen LogP contribution in [-0.2, 0) is 30.3 Å². The molecule has 10 heteroatoms. The molecular formula is C22H23N3O7. The van der Waals surface area contributed by atoms with Crippen molar-refractivity contribution in [3.63, 3.8) is 0 Å². The molecule has 1 aliphatic rings. The lowest BCUT2D eigenvalue weighted by atomic mass is 9.93. The Bertz CT molecular complexity index is 966. The molecule has 1 N–H and O–H groups in total. The van der Waals surface area contributed by atoms with Crippen LogP contribution in [0.5, 0.6) is 0 Å². The normalized spacial score (nSPS) is 24.8. The summed E-state index contributed by atoms with van der Waals surface area (Å²) in [6.07, 6.45) is -3.68. The molecule has 2 aromatic rings. The van der Waals surface area contributed by atoms with E-state index in [0.29, 0.717) is 5.56 Å². The number of rotatable bonds is 8. The lowest BCUT2D eigenvalue weighted by Crippen LogP contribution is -2.64. The van der Waals surface area contributed by atoms with Gasteiger partial charge in [0.1, 0.15) is 18.8 Å². The van der Waals surface area contributed by atoms with Crippen molar-refractivity contribution in [3.05, 3.63) is 82.2 Å². The first kappa shape index (κ1) is 23.2. The van der Waals surface area contributed by atoms with Crippen molar-refractivity contribution >= 4 is 11.9 Å². The molecule has 0 saturated carbocycles. The van der Waals surface area contributed by atoms with Gasteiger partial charge in [0.15, 0.2) is 6.10 Å². The molecule has 3 rings (SSSR count). The second-order valence-electron chi connectivity index (χ2n) is 7.12. The van der Waals surface area contributed by atoms with Gasteiger partial charge < -0.3 is 24.1 Å². The molecule has 0 aromatic heterocycles. The quantitative estimate of drug-likeness (QED) is 0.287. The van der Waals surface area contributed by atoms with Gasteiger partial charge >= 0.3 is 11.9 Å². The average Bonchev–Trinajstić information content (AvgIpc) is 2.80. The van der Waals surface area contributed by atoms with Gasteiger partial charge in [-0.15, -0.1) is 0 Å². The molecule has 168 valence electrons. The summed E-state index contributed by atoms with van der Waals surface area (Å²) in [6.45, 7) is 0.699. The van der Waals surface area contributed by atoms with Crippen molar-refractivity contribution in [1.82, 2.24) is 0 Å². The van der Waals surface area contributed by atoms with Gasteiger partial charge in [-0.2, -0.15) is 0 Å². The van der Waals surface area contributed by atoms with Crippen molar-refractivity contribution in [2.24, 2.45) is 5.11 Å². The summed E-state index contributed by atoms with van der Waals surface area (Å²) in [7, 11) is 0. The van der Waals surface area contributed by atoms with E-state index in [9.17, 15) is 14.7 Å². The smallest absolute Gasteiger partial charge is 0.338 e. The lowest BCUT2D eigenvalue weighted by molar-refractivity contribution is -0.264. The van der Waals surface area contributed by atoms with E-state index in [4.69, 9.17) is 24.5 Å². The summed E-state index contributed by atoms with van der Waals surface area (Å²) < 4.78 is 22.0. The largest absolute Gasteiger partial charge is 0.459 e. The van der Waals surface area contributed by atoms with Gasteiger partial charge in [0.25, 0.3) is 0 Å². The summed E-state index contributed by atoms with van der Waals surface area (Å²) >= 11 is 0. The van der Waals surface area contributed by atoms with Gasteiger partial charge in [0.2, 0.25) is 5.72 Å². The van der Waals surface area contributed by atoms with E-state index < -0.39 is 36.0 Å². The molecule has 1 fully saturated rings. The third kappa shape index (κ3) is 5.63. The van der Waals surface area contributed by atoms with Crippen LogP contribution in [-0.4, -0.2) is 54.3 Å². The highest BCUT2D eigenvalue weighted by Gasteiger charge is 2.55. The maximum Gasteiger partial charge on any atom is 0.338 e. The van der Waals surface area contributed by atoms with Crippen molar-refractivity contribution in [1.29, 1.82) is 0 Å². The van der Waals surface area contributed by atoms with Crippen molar-refractivity contribution in [3.8, 4) is 0 Å². The first-order chi connectivity index (χ1) is 15.4. The fourth-order valence-corrected chi connectivity index (χ4v) is 3.30. The first-order valence-electron chi connectivity index (χ1n) is 9.89. The zero-order valence-electron chi connectivity index (χ0n) is 17.4. The third-order valence-corrected chi connectivity index (χ3v) is 4.87. The average molecular weight is 441 g/mol. The zero-order valence-corrected chi connectivity index (χ0v) is 17.4. The molecule has 1 aliphatic heterocycles. The van der Waals surface area contributed by atoms with Gasteiger partial charge in [-0.05, 0) is 23.2 Å². The summed E-state index contributed by atoms with van der Waals surface area (Å²) in [5.41, 5.74) is 7.93. The van der Waals surface area contributed by atoms with Gasteiger partial charge in [-0.1, -0.05) is 53.6 Å². The van der Waals surface area contributed by atoms with E-state index in [-0.39, 0.29) is 19.8 Å². The molecule has 2 aromatic carbocycles. The monoisotopic (exact) mass is 441 g/mol. The number of hydrogen-bond acceptors (Lipinski definition) is 8. The minimum absolute atomic E-state index is 0.0958. The minimum Gasteiger partial charge on any atom is -0.459 e. The molecule has 0 aliphatic carbocycles. The molecule has 0 bridgehead atoms. The Morgan fingerprint density at radius 1 is 1.19 bits per heavy atom. The van der Waals surface area contributed by atoms with E-state index in [0.717, 1.165) is 12.5 Å². The number of aliphatic hydroxyl groups is 1. The van der Waals surface area contributed by atoms with Crippen LogP contribution in [0, 0.1) is 0 Å². The summed E-state index contributed by atoms with van der Waals surface area (Å²) in [5, 5.41) is 14.7. The van der Waals surface area contributed by atoms with Crippen LogP contribution in [0.4, 0.5) is 0 Å². The fourth-order valence-electron chi connectivity index (χ4n) is 3.30. The number of azide groups is 1. The highest BCUT2D eigenvalue weighted by Crippen LogP contribution is 2.33. The predicted octanol–water partition coefficient (Wildman–Crippen LogP) is 2.76. The first-order valence-corrected chi connectivity index (χ1v) is 9.89. The molecule has 32 heavy (non-hydrogen) atoms. The van der Waals surface area contributed by atoms with Crippen LogP contribution in [0.25, 0.3) is 10.4 Å². The zero-order chi connectivity index (χ0) is 23.0. The number of hydrogen-bond donors (Lipinski definition) is 1. The van der Waals surface area contributed by atoms with Gasteiger partial charge in [-0.3, -0.25) is 4.79 Å². The molecular weight excluding hydrogens is 418 g/mol. The maximum absolute atomic E-state index is 12.3. The second kappa shape index (κ2) is 10.7. The van der Waals surface area contributed by atoms with Crippen molar-refractivity contribution < 1.29 is 33.6 Å². The van der Waals surface area contributed by atoms with E-state index in [1.165, 1.54) is 0 Å².